The summed E-state index contributed by atoms with van der Waals surface area (Å²) in [5.74, 6) is 0.385. The molecule has 21 heavy (non-hydrogen) atoms. The van der Waals surface area contributed by atoms with E-state index in [9.17, 15) is 4.79 Å². The van der Waals surface area contributed by atoms with E-state index >= 15 is 0 Å². The summed E-state index contributed by atoms with van der Waals surface area (Å²) < 4.78 is 10.2. The number of nitrogens with zero attached hydrogens (tertiary/aromatic N) is 3. The molecule has 1 amide bonds. The number of hydrogen-bond donors (Lipinski definition) is 0. The summed E-state index contributed by atoms with van der Waals surface area (Å²) in [6.07, 6.45) is 1.71. The molecule has 0 aliphatic carbocycles. The summed E-state index contributed by atoms with van der Waals surface area (Å²) in [5.41, 5.74) is 1.80. The van der Waals surface area contributed by atoms with Gasteiger partial charge in [0.15, 0.2) is 5.69 Å². The van der Waals surface area contributed by atoms with Crippen LogP contribution < -0.4 is 0 Å². The maximum Gasteiger partial charge on any atom is 0.276 e. The summed E-state index contributed by atoms with van der Waals surface area (Å²) in [5, 5.41) is 3.86. The maximum absolute atomic E-state index is 12.6. The van der Waals surface area contributed by atoms with Crippen molar-refractivity contribution < 1.29 is 14.1 Å². The van der Waals surface area contributed by atoms with E-state index in [1.54, 1.807) is 32.2 Å². The van der Waals surface area contributed by atoms with Crippen molar-refractivity contribution in [2.75, 3.05) is 14.2 Å². The Labute approximate surface area is 123 Å². The average molecular weight is 289 g/mol. The van der Waals surface area contributed by atoms with Gasteiger partial charge in [0, 0.05) is 20.4 Å². The van der Waals surface area contributed by atoms with E-state index in [2.05, 4.69) is 10.1 Å². The van der Waals surface area contributed by atoms with Crippen molar-refractivity contribution in [1.29, 1.82) is 0 Å². The summed E-state index contributed by atoms with van der Waals surface area (Å²) in [7, 11) is 3.29. The quantitative estimate of drug-likeness (QED) is 0.845. The molecule has 0 unspecified atom stereocenters. The second kappa shape index (κ2) is 6.49. The molecular formula is C15H19N3O3. The molecule has 112 valence electrons. The molecule has 0 spiro atoms. The van der Waals surface area contributed by atoms with Crippen molar-refractivity contribution in [3.05, 3.63) is 47.1 Å². The third-order valence-electron chi connectivity index (χ3n) is 3.49. The molecule has 6 nitrogen and oxygen atoms in total. The van der Waals surface area contributed by atoms with Gasteiger partial charge in [0.1, 0.15) is 5.76 Å². The molecule has 0 radical (unpaired) electrons. The average Bonchev–Trinajstić information content (AvgIpc) is 2.87. The fourth-order valence-electron chi connectivity index (χ4n) is 2.04. The van der Waals surface area contributed by atoms with E-state index in [4.69, 9.17) is 9.26 Å². The zero-order chi connectivity index (χ0) is 15.4. The number of aromatic nitrogens is 2. The third kappa shape index (κ3) is 3.11. The van der Waals surface area contributed by atoms with Crippen LogP contribution >= 0.6 is 0 Å². The largest absolute Gasteiger partial charge is 0.380 e. The molecule has 2 aromatic heterocycles. The van der Waals surface area contributed by atoms with E-state index < -0.39 is 0 Å². The van der Waals surface area contributed by atoms with Crippen molar-refractivity contribution in [2.45, 2.75) is 26.5 Å². The van der Waals surface area contributed by atoms with Crippen LogP contribution in [0.15, 0.2) is 28.9 Å². The number of pyridine rings is 1. The van der Waals surface area contributed by atoms with Gasteiger partial charge < -0.3 is 14.2 Å². The van der Waals surface area contributed by atoms with E-state index in [1.807, 2.05) is 25.1 Å². The minimum absolute atomic E-state index is 0.161. The summed E-state index contributed by atoms with van der Waals surface area (Å²) in [4.78, 5) is 18.5. The molecule has 0 aliphatic heterocycles. The lowest BCUT2D eigenvalue weighted by molar-refractivity contribution is 0.0725. The van der Waals surface area contributed by atoms with Crippen molar-refractivity contribution >= 4 is 5.91 Å². The first kappa shape index (κ1) is 15.2. The van der Waals surface area contributed by atoms with Crippen LogP contribution in [0.25, 0.3) is 0 Å². The Hall–Kier alpha value is -2.21. The van der Waals surface area contributed by atoms with Crippen LogP contribution in [0.2, 0.25) is 0 Å². The molecule has 1 atom stereocenters. The van der Waals surface area contributed by atoms with Crippen molar-refractivity contribution in [2.24, 2.45) is 0 Å². The highest BCUT2D eigenvalue weighted by molar-refractivity contribution is 5.93. The smallest absolute Gasteiger partial charge is 0.276 e. The first-order valence-electron chi connectivity index (χ1n) is 6.68. The van der Waals surface area contributed by atoms with Gasteiger partial charge in [-0.15, -0.1) is 0 Å². The molecule has 2 rings (SSSR count). The van der Waals surface area contributed by atoms with Crippen molar-refractivity contribution in [3.63, 3.8) is 0 Å². The Morgan fingerprint density at radius 3 is 2.86 bits per heavy atom. The fourth-order valence-corrected chi connectivity index (χ4v) is 2.04. The highest BCUT2D eigenvalue weighted by atomic mass is 16.5. The standard InChI is InChI=1S/C15H19N3O3/c1-10(13-7-5-6-8-16-13)18(3)15(19)14-12(9-20-4)11(2)21-17-14/h5-8,10H,9H2,1-4H3/t10-/m0/s1. The topological polar surface area (TPSA) is 68.5 Å². The predicted octanol–water partition coefficient (Wildman–Crippen LogP) is 2.36. The van der Waals surface area contributed by atoms with Gasteiger partial charge in [-0.1, -0.05) is 11.2 Å². The Morgan fingerprint density at radius 2 is 2.24 bits per heavy atom. The SMILES string of the molecule is COCc1c(C(=O)N(C)[C@@H](C)c2ccccn2)noc1C. The Bertz CT molecular complexity index is 610. The number of rotatable bonds is 5. The number of aryl methyl sites for hydroxylation is 1. The number of ether oxygens (including phenoxy) is 1. The van der Waals surface area contributed by atoms with Crippen LogP contribution in [0.5, 0.6) is 0 Å². The van der Waals surface area contributed by atoms with Gasteiger partial charge >= 0.3 is 0 Å². The predicted molar refractivity (Wildman–Crippen MR) is 76.7 cm³/mol. The van der Waals surface area contributed by atoms with Gasteiger partial charge in [-0.05, 0) is 26.0 Å². The molecule has 0 aliphatic rings. The lowest BCUT2D eigenvalue weighted by Gasteiger charge is -2.23. The van der Waals surface area contributed by atoms with Crippen molar-refractivity contribution in [1.82, 2.24) is 15.0 Å². The number of amides is 1. The minimum atomic E-state index is -0.211. The lowest BCUT2D eigenvalue weighted by atomic mass is 10.1. The van der Waals surface area contributed by atoms with Crippen LogP contribution in [0.4, 0.5) is 0 Å². The molecule has 0 fully saturated rings. The Kier molecular flexibility index (Phi) is 4.70. The van der Waals surface area contributed by atoms with Gasteiger partial charge in [-0.2, -0.15) is 0 Å². The molecule has 0 saturated carbocycles. The first-order chi connectivity index (χ1) is 10.1. The van der Waals surface area contributed by atoms with Crippen LogP contribution in [0, 0.1) is 6.92 Å². The first-order valence-corrected chi connectivity index (χ1v) is 6.68. The number of carbonyl (C=O) groups is 1. The van der Waals surface area contributed by atoms with Gasteiger partial charge in [-0.3, -0.25) is 9.78 Å². The zero-order valence-corrected chi connectivity index (χ0v) is 12.7. The molecule has 0 saturated heterocycles. The van der Waals surface area contributed by atoms with Crippen LogP contribution in [0.1, 0.15) is 40.5 Å². The van der Waals surface area contributed by atoms with E-state index in [0.717, 1.165) is 5.69 Å². The van der Waals surface area contributed by atoms with Crippen LogP contribution in [-0.4, -0.2) is 35.1 Å². The van der Waals surface area contributed by atoms with E-state index in [0.29, 0.717) is 23.6 Å². The molecule has 6 heteroatoms. The summed E-state index contributed by atoms with van der Waals surface area (Å²) in [6, 6.07) is 5.47. The highest BCUT2D eigenvalue weighted by Gasteiger charge is 2.26. The number of hydrogen-bond acceptors (Lipinski definition) is 5. The molecule has 2 heterocycles. The zero-order valence-electron chi connectivity index (χ0n) is 12.7. The lowest BCUT2D eigenvalue weighted by Crippen LogP contribution is -2.31. The molecule has 2 aromatic rings. The fraction of sp³-hybridized carbons (Fsp3) is 0.400. The van der Waals surface area contributed by atoms with E-state index in [1.165, 1.54) is 0 Å². The molecule has 0 aromatic carbocycles. The molecule has 0 N–H and O–H groups in total. The Balaban J connectivity index is 2.23. The summed E-state index contributed by atoms with van der Waals surface area (Å²) >= 11 is 0. The van der Waals surface area contributed by atoms with E-state index in [-0.39, 0.29) is 11.9 Å². The van der Waals surface area contributed by atoms with Gasteiger partial charge in [0.05, 0.1) is 23.9 Å². The van der Waals surface area contributed by atoms with Gasteiger partial charge in [-0.25, -0.2) is 0 Å². The minimum Gasteiger partial charge on any atom is -0.380 e. The third-order valence-corrected chi connectivity index (χ3v) is 3.49. The van der Waals surface area contributed by atoms with Gasteiger partial charge in [0.2, 0.25) is 0 Å². The van der Waals surface area contributed by atoms with Gasteiger partial charge in [0.25, 0.3) is 5.91 Å². The van der Waals surface area contributed by atoms with Crippen molar-refractivity contribution in [3.8, 4) is 0 Å². The maximum atomic E-state index is 12.6. The second-order valence-corrected chi connectivity index (χ2v) is 4.85. The second-order valence-electron chi connectivity index (χ2n) is 4.85. The normalized spacial score (nSPS) is 12.2. The van der Waals surface area contributed by atoms with Crippen LogP contribution in [0.3, 0.4) is 0 Å². The number of carbonyl (C=O) groups excluding carboxylic acids is 1. The molecule has 0 bridgehead atoms. The molecular weight excluding hydrogens is 270 g/mol. The summed E-state index contributed by atoms with van der Waals surface area (Å²) in [6.45, 7) is 3.98. The number of methoxy groups -OCH3 is 1. The highest BCUT2D eigenvalue weighted by Crippen LogP contribution is 2.21. The van der Waals surface area contributed by atoms with Crippen LogP contribution in [-0.2, 0) is 11.3 Å². The Morgan fingerprint density at radius 1 is 1.48 bits per heavy atom. The monoisotopic (exact) mass is 289 g/mol.